The fraction of sp³-hybridized carbons (Fsp3) is 0.290. The van der Waals surface area contributed by atoms with Crippen molar-refractivity contribution < 1.29 is 19.1 Å². The number of ether oxygens (including phenoxy) is 1. The first kappa shape index (κ1) is 27.7. The van der Waals surface area contributed by atoms with Crippen molar-refractivity contribution in [2.75, 3.05) is 37.5 Å². The summed E-state index contributed by atoms with van der Waals surface area (Å²) in [6.07, 6.45) is 0. The monoisotopic (exact) mass is 526 g/mol. The SMILES string of the molecule is CCOC(=O)c1ccc2c(c1)NC(=O)C2C(=Nc1ccc(N(C(=O)CN(C)C)C(C)C)cc1)c1ccccc1. The maximum absolute atomic E-state index is 13.3. The number of fused-ring (bicyclic) bond motifs is 1. The molecule has 0 aliphatic carbocycles. The average Bonchev–Trinajstić information content (AvgIpc) is 3.23. The van der Waals surface area contributed by atoms with E-state index in [-0.39, 0.29) is 24.5 Å². The molecule has 1 heterocycles. The van der Waals surface area contributed by atoms with Gasteiger partial charge in [0.1, 0.15) is 5.92 Å². The summed E-state index contributed by atoms with van der Waals surface area (Å²) < 4.78 is 5.11. The summed E-state index contributed by atoms with van der Waals surface area (Å²) in [6.45, 7) is 6.30. The first-order valence-corrected chi connectivity index (χ1v) is 13.0. The average molecular weight is 527 g/mol. The summed E-state index contributed by atoms with van der Waals surface area (Å²) in [4.78, 5) is 46.9. The Morgan fingerprint density at radius 2 is 1.67 bits per heavy atom. The fourth-order valence-electron chi connectivity index (χ4n) is 4.68. The number of carbonyl (C=O) groups excluding carboxylic acids is 3. The van der Waals surface area contributed by atoms with Crippen molar-refractivity contribution in [2.45, 2.75) is 32.7 Å². The van der Waals surface area contributed by atoms with E-state index in [1.807, 2.05) is 87.4 Å². The highest BCUT2D eigenvalue weighted by Crippen LogP contribution is 2.37. The number of likely N-dealkylation sites (N-methyl/N-ethyl adjacent to an activating group) is 1. The molecule has 0 bridgehead atoms. The van der Waals surface area contributed by atoms with Gasteiger partial charge in [0.25, 0.3) is 0 Å². The number of hydrogen-bond acceptors (Lipinski definition) is 6. The largest absolute Gasteiger partial charge is 0.462 e. The predicted octanol–water partition coefficient (Wildman–Crippen LogP) is 5.02. The first-order valence-electron chi connectivity index (χ1n) is 13.0. The van der Waals surface area contributed by atoms with E-state index < -0.39 is 11.9 Å². The third kappa shape index (κ3) is 6.23. The Morgan fingerprint density at radius 3 is 2.28 bits per heavy atom. The molecular weight excluding hydrogens is 492 g/mol. The lowest BCUT2D eigenvalue weighted by molar-refractivity contribution is -0.119. The van der Waals surface area contributed by atoms with Gasteiger partial charge >= 0.3 is 5.97 Å². The molecule has 3 aromatic carbocycles. The van der Waals surface area contributed by atoms with Crippen LogP contribution in [0.1, 0.15) is 48.2 Å². The Bertz CT molecular complexity index is 1380. The molecule has 39 heavy (non-hydrogen) atoms. The van der Waals surface area contributed by atoms with Crippen LogP contribution < -0.4 is 10.2 Å². The molecule has 0 spiro atoms. The van der Waals surface area contributed by atoms with Crippen molar-refractivity contribution in [2.24, 2.45) is 4.99 Å². The molecule has 202 valence electrons. The van der Waals surface area contributed by atoms with E-state index in [0.29, 0.717) is 29.2 Å². The van der Waals surface area contributed by atoms with Crippen LogP contribution in [0, 0.1) is 0 Å². The first-order chi connectivity index (χ1) is 18.7. The molecule has 1 aliphatic rings. The minimum absolute atomic E-state index is 0.00938. The lowest BCUT2D eigenvalue weighted by Crippen LogP contribution is -2.42. The summed E-state index contributed by atoms with van der Waals surface area (Å²) in [6, 6.07) is 22.1. The summed E-state index contributed by atoms with van der Waals surface area (Å²) in [5.74, 6) is -1.30. The van der Waals surface area contributed by atoms with Gasteiger partial charge < -0.3 is 19.9 Å². The lowest BCUT2D eigenvalue weighted by atomic mass is 9.90. The molecule has 1 N–H and O–H groups in total. The van der Waals surface area contributed by atoms with Crippen LogP contribution in [-0.2, 0) is 14.3 Å². The van der Waals surface area contributed by atoms with Crippen LogP contribution in [0.4, 0.5) is 17.1 Å². The molecule has 3 aromatic rings. The minimum atomic E-state index is -0.660. The highest BCUT2D eigenvalue weighted by molar-refractivity contribution is 6.24. The number of esters is 1. The molecule has 0 aromatic heterocycles. The van der Waals surface area contributed by atoms with Crippen LogP contribution in [0.3, 0.4) is 0 Å². The number of aliphatic imine (C=N–C) groups is 1. The van der Waals surface area contributed by atoms with Gasteiger partial charge in [0.15, 0.2) is 0 Å². The summed E-state index contributed by atoms with van der Waals surface area (Å²) in [5, 5.41) is 2.91. The maximum Gasteiger partial charge on any atom is 0.338 e. The molecule has 8 nitrogen and oxygen atoms in total. The molecular formula is C31H34N4O4. The standard InChI is InChI=1S/C31H34N4O4/c1-6-39-31(38)22-12-17-25-26(18-22)33-30(37)28(25)29(21-10-8-7-9-11-21)32-23-13-15-24(16-14-23)35(20(2)3)27(36)19-34(4)5/h7-18,20,28H,6,19H2,1-5H3,(H,33,37). The van der Waals surface area contributed by atoms with Gasteiger partial charge in [-0.25, -0.2) is 4.79 Å². The van der Waals surface area contributed by atoms with Gasteiger partial charge in [-0.2, -0.15) is 0 Å². The zero-order chi connectivity index (χ0) is 28.1. The molecule has 8 heteroatoms. The topological polar surface area (TPSA) is 91.3 Å². The second kappa shape index (κ2) is 12.0. The van der Waals surface area contributed by atoms with E-state index in [1.54, 1.807) is 30.0 Å². The number of benzene rings is 3. The smallest absolute Gasteiger partial charge is 0.338 e. The van der Waals surface area contributed by atoms with Crippen molar-refractivity contribution in [3.05, 3.63) is 89.5 Å². The molecule has 1 aliphatic heterocycles. The number of nitrogens with one attached hydrogen (secondary N) is 1. The van der Waals surface area contributed by atoms with E-state index in [4.69, 9.17) is 9.73 Å². The van der Waals surface area contributed by atoms with Gasteiger partial charge in [-0.05, 0) is 82.4 Å². The highest BCUT2D eigenvalue weighted by atomic mass is 16.5. The van der Waals surface area contributed by atoms with Crippen LogP contribution in [0.15, 0.2) is 77.8 Å². The Balaban J connectivity index is 1.72. The molecule has 1 unspecified atom stereocenters. The summed E-state index contributed by atoms with van der Waals surface area (Å²) >= 11 is 0. The minimum Gasteiger partial charge on any atom is -0.462 e. The number of amides is 2. The molecule has 0 fully saturated rings. The van der Waals surface area contributed by atoms with Gasteiger partial charge in [-0.15, -0.1) is 0 Å². The highest BCUT2D eigenvalue weighted by Gasteiger charge is 2.36. The molecule has 1 atom stereocenters. The van der Waals surface area contributed by atoms with Crippen LogP contribution in [0.5, 0.6) is 0 Å². The Hall–Kier alpha value is -4.30. The molecule has 0 saturated carbocycles. The summed E-state index contributed by atoms with van der Waals surface area (Å²) in [5.41, 5.74) is 4.54. The maximum atomic E-state index is 13.3. The molecule has 4 rings (SSSR count). The van der Waals surface area contributed by atoms with Crippen molar-refractivity contribution >= 4 is 40.6 Å². The van der Waals surface area contributed by atoms with E-state index in [0.717, 1.165) is 16.8 Å². The Kier molecular flexibility index (Phi) is 8.56. The normalized spacial score (nSPS) is 14.8. The predicted molar refractivity (Wildman–Crippen MR) is 154 cm³/mol. The second-order valence-electron chi connectivity index (χ2n) is 9.92. The number of rotatable bonds is 9. The van der Waals surface area contributed by atoms with Crippen molar-refractivity contribution in [1.29, 1.82) is 0 Å². The number of carbonyl (C=O) groups is 3. The van der Waals surface area contributed by atoms with Gasteiger partial charge in [0.2, 0.25) is 11.8 Å². The van der Waals surface area contributed by atoms with E-state index in [9.17, 15) is 14.4 Å². The van der Waals surface area contributed by atoms with Crippen molar-refractivity contribution in [1.82, 2.24) is 4.90 Å². The Morgan fingerprint density at radius 1 is 0.974 bits per heavy atom. The zero-order valence-electron chi connectivity index (χ0n) is 23.0. The second-order valence-corrected chi connectivity index (χ2v) is 9.92. The van der Waals surface area contributed by atoms with E-state index in [2.05, 4.69) is 5.32 Å². The van der Waals surface area contributed by atoms with Gasteiger partial charge in [-0.1, -0.05) is 36.4 Å². The van der Waals surface area contributed by atoms with Crippen LogP contribution in [0.25, 0.3) is 0 Å². The van der Waals surface area contributed by atoms with Crippen LogP contribution in [0.2, 0.25) is 0 Å². The number of hydrogen-bond donors (Lipinski definition) is 1. The van der Waals surface area contributed by atoms with Crippen LogP contribution >= 0.6 is 0 Å². The third-order valence-corrected chi connectivity index (χ3v) is 6.35. The van der Waals surface area contributed by atoms with Crippen molar-refractivity contribution in [3.63, 3.8) is 0 Å². The molecule has 2 amide bonds. The zero-order valence-corrected chi connectivity index (χ0v) is 23.0. The summed E-state index contributed by atoms with van der Waals surface area (Å²) in [7, 11) is 3.74. The van der Waals surface area contributed by atoms with Gasteiger partial charge in [0, 0.05) is 17.4 Å². The number of anilines is 2. The Labute approximate surface area is 229 Å². The molecule has 0 saturated heterocycles. The number of nitrogens with zero attached hydrogens (tertiary/aromatic N) is 3. The van der Waals surface area contributed by atoms with E-state index in [1.165, 1.54) is 0 Å². The van der Waals surface area contributed by atoms with Crippen molar-refractivity contribution in [3.8, 4) is 0 Å². The van der Waals surface area contributed by atoms with E-state index >= 15 is 0 Å². The quantitative estimate of drug-likeness (QED) is 0.312. The lowest BCUT2D eigenvalue weighted by Gasteiger charge is -2.28. The fourth-order valence-corrected chi connectivity index (χ4v) is 4.68. The van der Waals surface area contributed by atoms with Gasteiger partial charge in [0.05, 0.1) is 30.1 Å². The third-order valence-electron chi connectivity index (χ3n) is 6.35. The van der Waals surface area contributed by atoms with Crippen LogP contribution in [-0.4, -0.2) is 61.7 Å². The molecule has 0 radical (unpaired) electrons. The van der Waals surface area contributed by atoms with Gasteiger partial charge in [-0.3, -0.25) is 14.6 Å².